The summed E-state index contributed by atoms with van der Waals surface area (Å²) in [5.41, 5.74) is 4.36. The standard InChI is InChI=1S/C18H20N2O2/c1-13-16(8-10-20-18(13)22-12-21)14-5-4-6-15(11-14)17-7-2-3-9-19-17/h4-6,8,10-12,17,19H,2-3,7,9H2,1H3. The van der Waals surface area contributed by atoms with E-state index in [1.54, 1.807) is 6.20 Å². The van der Waals surface area contributed by atoms with Crippen LogP contribution in [0.1, 0.15) is 36.4 Å². The van der Waals surface area contributed by atoms with Gasteiger partial charge in [0.25, 0.3) is 6.47 Å². The fourth-order valence-electron chi connectivity index (χ4n) is 3.05. The summed E-state index contributed by atoms with van der Waals surface area (Å²) in [6, 6.07) is 10.9. The average molecular weight is 296 g/mol. The molecule has 2 heterocycles. The molecule has 4 nitrogen and oxygen atoms in total. The molecule has 1 atom stereocenters. The van der Waals surface area contributed by atoms with Crippen molar-refractivity contribution in [2.24, 2.45) is 0 Å². The Morgan fingerprint density at radius 1 is 1.32 bits per heavy atom. The van der Waals surface area contributed by atoms with Gasteiger partial charge >= 0.3 is 0 Å². The Hall–Kier alpha value is -2.20. The van der Waals surface area contributed by atoms with E-state index in [1.165, 1.54) is 24.8 Å². The molecule has 0 aliphatic carbocycles. The predicted octanol–water partition coefficient (Wildman–Crippen LogP) is 3.41. The Morgan fingerprint density at radius 3 is 3.00 bits per heavy atom. The highest BCUT2D eigenvalue weighted by atomic mass is 16.5. The van der Waals surface area contributed by atoms with Gasteiger partial charge in [0.2, 0.25) is 5.88 Å². The Bertz CT molecular complexity index is 664. The lowest BCUT2D eigenvalue weighted by atomic mass is 9.93. The average Bonchev–Trinajstić information content (AvgIpc) is 2.58. The molecule has 114 valence electrons. The van der Waals surface area contributed by atoms with Gasteiger partial charge in [-0.1, -0.05) is 24.6 Å². The van der Waals surface area contributed by atoms with E-state index in [-0.39, 0.29) is 0 Å². The smallest absolute Gasteiger partial charge is 0.299 e. The minimum absolute atomic E-state index is 0.369. The number of carbonyl (C=O) groups excluding carboxylic acids is 1. The molecule has 1 aromatic heterocycles. The number of aromatic nitrogens is 1. The van der Waals surface area contributed by atoms with Gasteiger partial charge < -0.3 is 10.1 Å². The van der Waals surface area contributed by atoms with Crippen LogP contribution < -0.4 is 10.1 Å². The Balaban J connectivity index is 1.95. The number of nitrogens with zero attached hydrogens (tertiary/aromatic N) is 1. The van der Waals surface area contributed by atoms with Gasteiger partial charge in [-0.3, -0.25) is 4.79 Å². The highest BCUT2D eigenvalue weighted by molar-refractivity contribution is 5.70. The van der Waals surface area contributed by atoms with Gasteiger partial charge in [-0.25, -0.2) is 4.98 Å². The second-order valence-corrected chi connectivity index (χ2v) is 5.63. The third-order valence-electron chi connectivity index (χ3n) is 4.23. The van der Waals surface area contributed by atoms with Crippen LogP contribution in [0.5, 0.6) is 5.88 Å². The summed E-state index contributed by atoms with van der Waals surface area (Å²) >= 11 is 0. The van der Waals surface area contributed by atoms with Crippen molar-refractivity contribution < 1.29 is 9.53 Å². The number of carbonyl (C=O) groups is 1. The molecule has 1 aliphatic rings. The van der Waals surface area contributed by atoms with Crippen molar-refractivity contribution in [1.29, 1.82) is 0 Å². The first-order chi connectivity index (χ1) is 10.8. The zero-order valence-electron chi connectivity index (χ0n) is 12.7. The fraction of sp³-hybridized carbons (Fsp3) is 0.333. The van der Waals surface area contributed by atoms with Crippen molar-refractivity contribution in [2.45, 2.75) is 32.2 Å². The van der Waals surface area contributed by atoms with Gasteiger partial charge in [0.1, 0.15) is 0 Å². The maximum Gasteiger partial charge on any atom is 0.299 e. The van der Waals surface area contributed by atoms with Crippen LogP contribution in [0.4, 0.5) is 0 Å². The third-order valence-corrected chi connectivity index (χ3v) is 4.23. The van der Waals surface area contributed by atoms with E-state index in [4.69, 9.17) is 4.74 Å². The van der Waals surface area contributed by atoms with E-state index in [1.807, 2.05) is 13.0 Å². The fourth-order valence-corrected chi connectivity index (χ4v) is 3.05. The second-order valence-electron chi connectivity index (χ2n) is 5.63. The molecular formula is C18H20N2O2. The predicted molar refractivity (Wildman–Crippen MR) is 85.7 cm³/mol. The number of piperidine rings is 1. The van der Waals surface area contributed by atoms with Gasteiger partial charge in [0.15, 0.2) is 0 Å². The minimum atomic E-state index is 0.369. The second kappa shape index (κ2) is 6.71. The number of hydrogen-bond acceptors (Lipinski definition) is 4. The van der Waals surface area contributed by atoms with E-state index in [0.29, 0.717) is 18.4 Å². The van der Waals surface area contributed by atoms with Crippen LogP contribution in [0.2, 0.25) is 0 Å². The first-order valence-corrected chi connectivity index (χ1v) is 7.69. The molecule has 0 amide bonds. The van der Waals surface area contributed by atoms with Crippen LogP contribution in [0.25, 0.3) is 11.1 Å². The first kappa shape index (κ1) is 14.7. The summed E-state index contributed by atoms with van der Waals surface area (Å²) in [4.78, 5) is 14.7. The summed E-state index contributed by atoms with van der Waals surface area (Å²) in [5.74, 6) is 0.369. The molecule has 1 saturated heterocycles. The summed E-state index contributed by atoms with van der Waals surface area (Å²) in [7, 11) is 0. The van der Waals surface area contributed by atoms with E-state index >= 15 is 0 Å². The molecule has 3 rings (SSSR count). The van der Waals surface area contributed by atoms with Gasteiger partial charge in [-0.05, 0) is 55.1 Å². The van der Waals surface area contributed by atoms with E-state index in [9.17, 15) is 4.79 Å². The van der Waals surface area contributed by atoms with Crippen molar-refractivity contribution in [3.05, 3.63) is 47.7 Å². The summed E-state index contributed by atoms with van der Waals surface area (Å²) in [6.07, 6.45) is 5.38. The van der Waals surface area contributed by atoms with Crippen LogP contribution in [0, 0.1) is 6.92 Å². The van der Waals surface area contributed by atoms with E-state index in [2.05, 4.69) is 34.6 Å². The summed E-state index contributed by atoms with van der Waals surface area (Å²) in [6.45, 7) is 3.43. The Labute approximate surface area is 130 Å². The quantitative estimate of drug-likeness (QED) is 0.879. The van der Waals surface area contributed by atoms with Crippen LogP contribution in [-0.2, 0) is 4.79 Å². The molecule has 22 heavy (non-hydrogen) atoms. The zero-order valence-corrected chi connectivity index (χ0v) is 12.7. The molecule has 0 radical (unpaired) electrons. The highest BCUT2D eigenvalue weighted by Crippen LogP contribution is 2.31. The lowest BCUT2D eigenvalue weighted by Gasteiger charge is -2.24. The van der Waals surface area contributed by atoms with Crippen molar-refractivity contribution in [1.82, 2.24) is 10.3 Å². The number of rotatable bonds is 4. The lowest BCUT2D eigenvalue weighted by molar-refractivity contribution is -0.121. The number of benzene rings is 1. The third kappa shape index (κ3) is 3.02. The normalized spacial score (nSPS) is 18.0. The van der Waals surface area contributed by atoms with Gasteiger partial charge in [0.05, 0.1) is 0 Å². The van der Waals surface area contributed by atoms with E-state index in [0.717, 1.165) is 23.2 Å². The number of pyridine rings is 1. The number of ether oxygens (including phenoxy) is 1. The minimum Gasteiger partial charge on any atom is -0.409 e. The van der Waals surface area contributed by atoms with Gasteiger partial charge in [-0.2, -0.15) is 0 Å². The van der Waals surface area contributed by atoms with Crippen molar-refractivity contribution in [3.63, 3.8) is 0 Å². The number of nitrogens with one attached hydrogen (secondary N) is 1. The maximum atomic E-state index is 10.6. The molecule has 0 bridgehead atoms. The molecule has 1 aliphatic heterocycles. The summed E-state index contributed by atoms with van der Waals surface area (Å²) in [5, 5.41) is 3.58. The van der Waals surface area contributed by atoms with Crippen molar-refractivity contribution in [3.8, 4) is 17.0 Å². The van der Waals surface area contributed by atoms with Crippen molar-refractivity contribution >= 4 is 6.47 Å². The van der Waals surface area contributed by atoms with Crippen LogP contribution >= 0.6 is 0 Å². The molecule has 1 aromatic carbocycles. The molecule has 0 spiro atoms. The van der Waals surface area contributed by atoms with Crippen LogP contribution in [0.3, 0.4) is 0 Å². The Kier molecular flexibility index (Phi) is 4.49. The molecule has 4 heteroatoms. The molecule has 1 N–H and O–H groups in total. The molecular weight excluding hydrogens is 276 g/mol. The number of hydrogen-bond donors (Lipinski definition) is 1. The topological polar surface area (TPSA) is 51.2 Å². The molecule has 0 saturated carbocycles. The molecule has 1 fully saturated rings. The van der Waals surface area contributed by atoms with Crippen LogP contribution in [0.15, 0.2) is 36.5 Å². The molecule has 1 unspecified atom stereocenters. The monoisotopic (exact) mass is 296 g/mol. The highest BCUT2D eigenvalue weighted by Gasteiger charge is 2.16. The Morgan fingerprint density at radius 2 is 2.23 bits per heavy atom. The lowest BCUT2D eigenvalue weighted by Crippen LogP contribution is -2.26. The SMILES string of the molecule is Cc1c(-c2cccc(C3CCCCN3)c2)ccnc1OC=O. The van der Waals surface area contributed by atoms with Gasteiger partial charge in [0, 0.05) is 17.8 Å². The first-order valence-electron chi connectivity index (χ1n) is 7.69. The largest absolute Gasteiger partial charge is 0.409 e. The van der Waals surface area contributed by atoms with E-state index < -0.39 is 0 Å². The maximum absolute atomic E-state index is 10.6. The summed E-state index contributed by atoms with van der Waals surface area (Å²) < 4.78 is 4.94. The van der Waals surface area contributed by atoms with Gasteiger partial charge in [-0.15, -0.1) is 0 Å². The zero-order chi connectivity index (χ0) is 15.4. The molecule has 2 aromatic rings. The van der Waals surface area contributed by atoms with Crippen LogP contribution in [-0.4, -0.2) is 18.0 Å². The van der Waals surface area contributed by atoms with Crippen molar-refractivity contribution in [2.75, 3.05) is 6.54 Å².